The van der Waals surface area contributed by atoms with Gasteiger partial charge < -0.3 is 9.64 Å². The van der Waals surface area contributed by atoms with Gasteiger partial charge in [0, 0.05) is 6.54 Å². The molecule has 1 aliphatic rings. The summed E-state index contributed by atoms with van der Waals surface area (Å²) < 4.78 is 4.91. The van der Waals surface area contributed by atoms with E-state index in [2.05, 4.69) is 0 Å². The summed E-state index contributed by atoms with van der Waals surface area (Å²) in [5.74, 6) is -0.455. The van der Waals surface area contributed by atoms with Crippen LogP contribution in [0.3, 0.4) is 0 Å². The third-order valence-electron chi connectivity index (χ3n) is 2.16. The maximum absolute atomic E-state index is 11.6. The first-order valence-electron chi connectivity index (χ1n) is 5.40. The summed E-state index contributed by atoms with van der Waals surface area (Å²) in [4.78, 5) is 24.6. The lowest BCUT2D eigenvalue weighted by molar-refractivity contribution is -0.138. The molecule has 0 bridgehead atoms. The SMILES string of the molecule is CCCOC(=O)C(C#N)=C1SCC(=O)N1CC. The van der Waals surface area contributed by atoms with Gasteiger partial charge in [0.2, 0.25) is 5.91 Å². The van der Waals surface area contributed by atoms with Crippen molar-refractivity contribution >= 4 is 23.6 Å². The Balaban J connectivity index is 2.95. The van der Waals surface area contributed by atoms with E-state index in [0.717, 1.165) is 0 Å². The van der Waals surface area contributed by atoms with Crippen molar-refractivity contribution in [1.29, 1.82) is 5.26 Å². The highest BCUT2D eigenvalue weighted by atomic mass is 32.2. The summed E-state index contributed by atoms with van der Waals surface area (Å²) in [6.07, 6.45) is 0.698. The number of ether oxygens (including phenoxy) is 1. The van der Waals surface area contributed by atoms with E-state index in [1.54, 1.807) is 6.92 Å². The number of nitriles is 1. The molecule has 0 atom stereocenters. The van der Waals surface area contributed by atoms with Crippen LogP contribution in [0, 0.1) is 11.3 Å². The van der Waals surface area contributed by atoms with Crippen LogP contribution in [-0.2, 0) is 14.3 Å². The van der Waals surface area contributed by atoms with Crippen molar-refractivity contribution in [2.75, 3.05) is 18.9 Å². The van der Waals surface area contributed by atoms with Crippen molar-refractivity contribution in [3.8, 4) is 6.07 Å². The number of hydrogen-bond acceptors (Lipinski definition) is 5. The molecule has 92 valence electrons. The number of thioether (sulfide) groups is 1. The normalized spacial score (nSPS) is 17.9. The van der Waals surface area contributed by atoms with Gasteiger partial charge in [-0.15, -0.1) is 0 Å². The topological polar surface area (TPSA) is 70.4 Å². The van der Waals surface area contributed by atoms with Gasteiger partial charge in [-0.1, -0.05) is 18.7 Å². The fraction of sp³-hybridized carbons (Fsp3) is 0.545. The first kappa shape index (κ1) is 13.6. The summed E-state index contributed by atoms with van der Waals surface area (Å²) in [7, 11) is 0. The van der Waals surface area contributed by atoms with E-state index < -0.39 is 5.97 Å². The molecular weight excluding hydrogens is 240 g/mol. The van der Waals surface area contributed by atoms with E-state index in [1.807, 2.05) is 13.0 Å². The summed E-state index contributed by atoms with van der Waals surface area (Å²) >= 11 is 1.21. The Morgan fingerprint density at radius 2 is 2.29 bits per heavy atom. The predicted octanol–water partition coefficient (Wildman–Crippen LogP) is 1.27. The van der Waals surface area contributed by atoms with Crippen LogP contribution < -0.4 is 0 Å². The lowest BCUT2D eigenvalue weighted by Crippen LogP contribution is -2.26. The largest absolute Gasteiger partial charge is 0.462 e. The van der Waals surface area contributed by atoms with Gasteiger partial charge in [-0.2, -0.15) is 5.26 Å². The zero-order valence-electron chi connectivity index (χ0n) is 9.86. The van der Waals surface area contributed by atoms with E-state index >= 15 is 0 Å². The van der Waals surface area contributed by atoms with Crippen LogP contribution in [0.1, 0.15) is 20.3 Å². The summed E-state index contributed by atoms with van der Waals surface area (Å²) in [6.45, 7) is 4.41. The van der Waals surface area contributed by atoms with Crippen molar-refractivity contribution in [1.82, 2.24) is 4.90 Å². The summed E-state index contributed by atoms with van der Waals surface area (Å²) in [5.41, 5.74) is -0.0730. The van der Waals surface area contributed by atoms with Gasteiger partial charge in [0.1, 0.15) is 11.1 Å². The van der Waals surface area contributed by atoms with Gasteiger partial charge in [-0.05, 0) is 13.3 Å². The second-order valence-corrected chi connectivity index (χ2v) is 4.32. The molecule has 0 spiro atoms. The average Bonchev–Trinajstić information content (AvgIpc) is 2.69. The summed E-state index contributed by atoms with van der Waals surface area (Å²) in [6, 6.07) is 1.83. The molecule has 1 fully saturated rings. The molecule has 0 saturated carbocycles. The zero-order valence-corrected chi connectivity index (χ0v) is 10.7. The van der Waals surface area contributed by atoms with Crippen molar-refractivity contribution in [3.05, 3.63) is 10.6 Å². The fourth-order valence-electron chi connectivity index (χ4n) is 1.37. The standard InChI is InChI=1S/C11H14N2O3S/c1-3-5-16-11(15)8(6-12)10-13(4-2)9(14)7-17-10/h3-5,7H2,1-2H3. The molecule has 1 heterocycles. The molecule has 0 unspecified atom stereocenters. The second kappa shape index (κ2) is 6.30. The van der Waals surface area contributed by atoms with Crippen LogP contribution in [0.15, 0.2) is 10.6 Å². The quantitative estimate of drug-likeness (QED) is 0.429. The third-order valence-corrected chi connectivity index (χ3v) is 3.25. The van der Waals surface area contributed by atoms with Gasteiger partial charge in [0.05, 0.1) is 12.4 Å². The molecule has 0 N–H and O–H groups in total. The Kier molecular flexibility index (Phi) is 5.04. The number of nitrogens with zero attached hydrogens (tertiary/aromatic N) is 2. The number of rotatable bonds is 4. The lowest BCUT2D eigenvalue weighted by Gasteiger charge is -2.15. The molecular formula is C11H14N2O3S. The van der Waals surface area contributed by atoms with Gasteiger partial charge in [-0.25, -0.2) is 4.79 Å². The van der Waals surface area contributed by atoms with Gasteiger partial charge in [0.25, 0.3) is 0 Å². The Morgan fingerprint density at radius 1 is 1.59 bits per heavy atom. The predicted molar refractivity (Wildman–Crippen MR) is 63.7 cm³/mol. The molecule has 0 radical (unpaired) electrons. The van der Waals surface area contributed by atoms with Crippen molar-refractivity contribution in [2.24, 2.45) is 0 Å². The highest BCUT2D eigenvalue weighted by Crippen LogP contribution is 2.31. The monoisotopic (exact) mass is 254 g/mol. The van der Waals surface area contributed by atoms with Crippen molar-refractivity contribution in [2.45, 2.75) is 20.3 Å². The Hall–Kier alpha value is -1.48. The van der Waals surface area contributed by atoms with Crippen molar-refractivity contribution < 1.29 is 14.3 Å². The molecule has 1 amide bonds. The zero-order chi connectivity index (χ0) is 12.8. The van der Waals surface area contributed by atoms with Crippen LogP contribution >= 0.6 is 11.8 Å². The number of hydrogen-bond donors (Lipinski definition) is 0. The van der Waals surface area contributed by atoms with E-state index in [9.17, 15) is 9.59 Å². The second-order valence-electron chi connectivity index (χ2n) is 3.35. The first-order chi connectivity index (χ1) is 8.15. The van der Waals surface area contributed by atoms with Gasteiger partial charge in [-0.3, -0.25) is 4.79 Å². The average molecular weight is 254 g/mol. The molecule has 17 heavy (non-hydrogen) atoms. The minimum absolute atomic E-state index is 0.0730. The smallest absolute Gasteiger partial charge is 0.351 e. The molecule has 0 aromatic carbocycles. The minimum atomic E-state index is -0.648. The van der Waals surface area contributed by atoms with Crippen LogP contribution in [0.4, 0.5) is 0 Å². The molecule has 5 nitrogen and oxygen atoms in total. The van der Waals surface area contributed by atoms with E-state index in [-0.39, 0.29) is 23.8 Å². The molecule has 0 aromatic rings. The first-order valence-corrected chi connectivity index (χ1v) is 6.38. The summed E-state index contributed by atoms with van der Waals surface area (Å²) in [5, 5.41) is 9.41. The Morgan fingerprint density at radius 3 is 2.82 bits per heavy atom. The van der Waals surface area contributed by atoms with E-state index in [4.69, 9.17) is 10.00 Å². The Labute approximate surface area is 104 Å². The van der Waals surface area contributed by atoms with Crippen LogP contribution in [0.5, 0.6) is 0 Å². The molecule has 1 saturated heterocycles. The number of esters is 1. The molecule has 6 heteroatoms. The lowest BCUT2D eigenvalue weighted by atomic mass is 10.3. The van der Waals surface area contributed by atoms with Gasteiger partial charge in [0.15, 0.2) is 5.57 Å². The maximum Gasteiger partial charge on any atom is 0.351 e. The third kappa shape index (κ3) is 3.01. The van der Waals surface area contributed by atoms with Crippen molar-refractivity contribution in [3.63, 3.8) is 0 Å². The van der Waals surface area contributed by atoms with Crippen LogP contribution in [0.25, 0.3) is 0 Å². The number of carbonyl (C=O) groups excluding carboxylic acids is 2. The molecule has 0 aromatic heterocycles. The van der Waals surface area contributed by atoms with E-state index in [0.29, 0.717) is 18.0 Å². The fourth-order valence-corrected chi connectivity index (χ4v) is 2.45. The highest BCUT2D eigenvalue weighted by molar-refractivity contribution is 8.04. The molecule has 0 aliphatic carbocycles. The molecule has 1 aliphatic heterocycles. The number of amides is 1. The minimum Gasteiger partial charge on any atom is -0.462 e. The highest BCUT2D eigenvalue weighted by Gasteiger charge is 2.31. The number of carbonyl (C=O) groups is 2. The maximum atomic E-state index is 11.6. The molecule has 1 rings (SSSR count). The Bertz CT molecular complexity index is 398. The van der Waals surface area contributed by atoms with E-state index in [1.165, 1.54) is 16.7 Å². The van der Waals surface area contributed by atoms with Crippen LogP contribution in [0.2, 0.25) is 0 Å². The van der Waals surface area contributed by atoms with Crippen LogP contribution in [-0.4, -0.2) is 35.7 Å². The van der Waals surface area contributed by atoms with Gasteiger partial charge >= 0.3 is 5.97 Å².